The molecule has 0 aliphatic rings. The van der Waals surface area contributed by atoms with E-state index in [-0.39, 0.29) is 0 Å². The van der Waals surface area contributed by atoms with Gasteiger partial charge in [0.2, 0.25) is 0 Å². The second kappa shape index (κ2) is 8.83. The Kier molecular flexibility index (Phi) is 6.74. The Bertz CT molecular complexity index is 530. The van der Waals surface area contributed by atoms with E-state index in [9.17, 15) is 0 Å². The fourth-order valence-electron chi connectivity index (χ4n) is 2.45. The molecule has 0 bridgehead atoms. The van der Waals surface area contributed by atoms with Gasteiger partial charge in [-0.2, -0.15) is 0 Å². The summed E-state index contributed by atoms with van der Waals surface area (Å²) in [6, 6.07) is 18.6. The van der Waals surface area contributed by atoms with Gasteiger partial charge < -0.3 is 10.1 Å². The fraction of sp³-hybridized carbons (Fsp3) is 0.333. The molecule has 0 aromatic heterocycles. The molecule has 0 saturated heterocycles. The number of nitrogens with one attached hydrogen (secondary N) is 1. The molecule has 0 saturated carbocycles. The molecule has 0 heterocycles. The normalized spacial score (nSPS) is 12.3. The summed E-state index contributed by atoms with van der Waals surface area (Å²) in [5.41, 5.74) is 2.53. The Hall–Kier alpha value is -1.35. The molecule has 2 nitrogen and oxygen atoms in total. The maximum atomic E-state index is 6.37. The summed E-state index contributed by atoms with van der Waals surface area (Å²) in [6.45, 7) is 2.47. The lowest BCUT2D eigenvalue weighted by molar-refractivity contribution is 0.199. The van der Waals surface area contributed by atoms with Crippen molar-refractivity contribution >= 4 is 11.6 Å². The molecule has 3 heteroatoms. The minimum atomic E-state index is 0.359. The third-order valence-electron chi connectivity index (χ3n) is 3.54. The van der Waals surface area contributed by atoms with Crippen LogP contribution in [0.2, 0.25) is 5.02 Å². The quantitative estimate of drug-likeness (QED) is 0.747. The van der Waals surface area contributed by atoms with Crippen LogP contribution in [0.4, 0.5) is 0 Å². The van der Waals surface area contributed by atoms with E-state index in [1.807, 2.05) is 24.3 Å². The highest BCUT2D eigenvalue weighted by Gasteiger charge is 2.14. The van der Waals surface area contributed by atoms with Gasteiger partial charge in [0.25, 0.3) is 0 Å². The molecule has 1 unspecified atom stereocenters. The molecule has 2 rings (SSSR count). The minimum Gasteiger partial charge on any atom is -0.383 e. The van der Waals surface area contributed by atoms with E-state index in [4.69, 9.17) is 16.3 Å². The van der Waals surface area contributed by atoms with Crippen molar-refractivity contribution in [2.75, 3.05) is 26.8 Å². The highest BCUT2D eigenvalue weighted by molar-refractivity contribution is 6.31. The maximum Gasteiger partial charge on any atom is 0.0587 e. The number of hydrogen-bond acceptors (Lipinski definition) is 2. The smallest absolute Gasteiger partial charge is 0.0587 e. The van der Waals surface area contributed by atoms with E-state index in [1.54, 1.807) is 7.11 Å². The van der Waals surface area contributed by atoms with E-state index in [2.05, 4.69) is 35.6 Å². The van der Waals surface area contributed by atoms with Crippen molar-refractivity contribution in [3.8, 4) is 0 Å². The van der Waals surface area contributed by atoms with Crippen LogP contribution >= 0.6 is 11.6 Å². The van der Waals surface area contributed by atoms with Crippen LogP contribution in [-0.4, -0.2) is 26.8 Å². The Balaban J connectivity index is 2.08. The molecule has 112 valence electrons. The largest absolute Gasteiger partial charge is 0.383 e. The van der Waals surface area contributed by atoms with Crippen LogP contribution in [0, 0.1) is 0 Å². The number of methoxy groups -OCH3 is 1. The monoisotopic (exact) mass is 303 g/mol. The van der Waals surface area contributed by atoms with Crippen LogP contribution in [0.25, 0.3) is 0 Å². The summed E-state index contributed by atoms with van der Waals surface area (Å²) < 4.78 is 5.08. The lowest BCUT2D eigenvalue weighted by atomic mass is 9.92. The van der Waals surface area contributed by atoms with Crippen LogP contribution in [0.5, 0.6) is 0 Å². The fourth-order valence-corrected chi connectivity index (χ4v) is 2.74. The number of halogens is 1. The zero-order valence-corrected chi connectivity index (χ0v) is 13.1. The summed E-state index contributed by atoms with van der Waals surface area (Å²) in [6.07, 6.45) is 0.977. The van der Waals surface area contributed by atoms with E-state index >= 15 is 0 Å². The average Bonchev–Trinajstić information content (AvgIpc) is 2.52. The lowest BCUT2D eigenvalue weighted by Crippen LogP contribution is -2.26. The summed E-state index contributed by atoms with van der Waals surface area (Å²) in [5.74, 6) is 0.359. The van der Waals surface area contributed by atoms with Gasteiger partial charge in [-0.15, -0.1) is 0 Å². The average molecular weight is 304 g/mol. The first-order chi connectivity index (χ1) is 10.3. The second-order valence-corrected chi connectivity index (χ2v) is 5.51. The van der Waals surface area contributed by atoms with Gasteiger partial charge in [-0.05, 0) is 23.6 Å². The number of benzene rings is 2. The maximum absolute atomic E-state index is 6.37. The Labute approximate surface area is 132 Å². The Morgan fingerprint density at radius 1 is 1.05 bits per heavy atom. The van der Waals surface area contributed by atoms with Crippen molar-refractivity contribution in [3.05, 3.63) is 70.7 Å². The molecule has 0 fully saturated rings. The molecule has 0 amide bonds. The molecule has 0 aliphatic heterocycles. The van der Waals surface area contributed by atoms with Crippen molar-refractivity contribution in [2.45, 2.75) is 12.3 Å². The topological polar surface area (TPSA) is 21.3 Å². The van der Waals surface area contributed by atoms with Gasteiger partial charge in [-0.25, -0.2) is 0 Å². The predicted molar refractivity (Wildman–Crippen MR) is 89.1 cm³/mol. The van der Waals surface area contributed by atoms with Crippen LogP contribution in [0.3, 0.4) is 0 Å². The molecular formula is C18H22ClNO. The zero-order chi connectivity index (χ0) is 14.9. The van der Waals surface area contributed by atoms with Crippen molar-refractivity contribution in [3.63, 3.8) is 0 Å². The molecule has 1 N–H and O–H groups in total. The van der Waals surface area contributed by atoms with Gasteiger partial charge in [0.05, 0.1) is 6.61 Å². The standard InChI is InChI=1S/C18H22ClNO/c1-21-12-11-20-14-16(13-15-7-3-2-4-8-15)17-9-5-6-10-18(17)19/h2-10,16,20H,11-14H2,1H3. The van der Waals surface area contributed by atoms with Gasteiger partial charge in [0.1, 0.15) is 0 Å². The van der Waals surface area contributed by atoms with Gasteiger partial charge in [0, 0.05) is 31.1 Å². The Morgan fingerprint density at radius 2 is 1.76 bits per heavy atom. The van der Waals surface area contributed by atoms with Gasteiger partial charge in [0.15, 0.2) is 0 Å². The van der Waals surface area contributed by atoms with Crippen LogP contribution in [-0.2, 0) is 11.2 Å². The van der Waals surface area contributed by atoms with Gasteiger partial charge in [-0.1, -0.05) is 60.1 Å². The van der Waals surface area contributed by atoms with Crippen LogP contribution < -0.4 is 5.32 Å². The first-order valence-corrected chi connectivity index (χ1v) is 7.67. The highest BCUT2D eigenvalue weighted by Crippen LogP contribution is 2.27. The summed E-state index contributed by atoms with van der Waals surface area (Å²) >= 11 is 6.37. The molecule has 1 atom stereocenters. The molecule has 21 heavy (non-hydrogen) atoms. The predicted octanol–water partition coefficient (Wildman–Crippen LogP) is 3.90. The second-order valence-electron chi connectivity index (χ2n) is 5.11. The van der Waals surface area contributed by atoms with Gasteiger partial charge >= 0.3 is 0 Å². The first kappa shape index (κ1) is 16.0. The molecular weight excluding hydrogens is 282 g/mol. The molecule has 0 radical (unpaired) electrons. The molecule has 0 aliphatic carbocycles. The summed E-state index contributed by atoms with van der Waals surface area (Å²) in [4.78, 5) is 0. The minimum absolute atomic E-state index is 0.359. The van der Waals surface area contributed by atoms with E-state index in [0.29, 0.717) is 5.92 Å². The van der Waals surface area contributed by atoms with Crippen molar-refractivity contribution in [1.29, 1.82) is 0 Å². The number of hydrogen-bond donors (Lipinski definition) is 1. The van der Waals surface area contributed by atoms with Crippen LogP contribution in [0.1, 0.15) is 17.0 Å². The van der Waals surface area contributed by atoms with E-state index in [1.165, 1.54) is 11.1 Å². The lowest BCUT2D eigenvalue weighted by Gasteiger charge is -2.19. The summed E-state index contributed by atoms with van der Waals surface area (Å²) in [7, 11) is 1.72. The zero-order valence-electron chi connectivity index (χ0n) is 12.4. The third-order valence-corrected chi connectivity index (χ3v) is 3.89. The highest BCUT2D eigenvalue weighted by atomic mass is 35.5. The SMILES string of the molecule is COCCNCC(Cc1ccccc1)c1ccccc1Cl. The third kappa shape index (κ3) is 5.16. The van der Waals surface area contributed by atoms with Crippen molar-refractivity contribution in [2.24, 2.45) is 0 Å². The van der Waals surface area contributed by atoms with Crippen molar-refractivity contribution in [1.82, 2.24) is 5.32 Å². The number of ether oxygens (including phenoxy) is 1. The van der Waals surface area contributed by atoms with Crippen LogP contribution in [0.15, 0.2) is 54.6 Å². The first-order valence-electron chi connectivity index (χ1n) is 7.29. The summed E-state index contributed by atoms with van der Waals surface area (Å²) in [5, 5.41) is 4.29. The van der Waals surface area contributed by atoms with Gasteiger partial charge in [-0.3, -0.25) is 0 Å². The number of rotatable bonds is 8. The molecule has 0 spiro atoms. The molecule has 2 aromatic carbocycles. The van der Waals surface area contributed by atoms with E-state index < -0.39 is 0 Å². The molecule has 2 aromatic rings. The Morgan fingerprint density at radius 3 is 2.48 bits per heavy atom. The van der Waals surface area contributed by atoms with Crippen molar-refractivity contribution < 1.29 is 4.74 Å². The van der Waals surface area contributed by atoms with E-state index in [0.717, 1.165) is 31.1 Å².